The Bertz CT molecular complexity index is 316. The van der Waals surface area contributed by atoms with E-state index in [9.17, 15) is 9.90 Å². The molecular formula is C14H27N3O2. The predicted octanol–water partition coefficient (Wildman–Crippen LogP) is 1.06. The van der Waals surface area contributed by atoms with Crippen LogP contribution in [0.15, 0.2) is 0 Å². The summed E-state index contributed by atoms with van der Waals surface area (Å²) in [6.45, 7) is 4.34. The first kappa shape index (κ1) is 14.6. The molecule has 0 spiro atoms. The molecule has 0 aromatic rings. The third kappa shape index (κ3) is 4.08. The quantitative estimate of drug-likeness (QED) is 0.717. The summed E-state index contributed by atoms with van der Waals surface area (Å²) in [7, 11) is 0. The van der Waals surface area contributed by atoms with E-state index in [0.29, 0.717) is 18.5 Å². The van der Waals surface area contributed by atoms with Gasteiger partial charge in [0.1, 0.15) is 0 Å². The van der Waals surface area contributed by atoms with Crippen LogP contribution < -0.4 is 11.1 Å². The third-order valence-electron chi connectivity index (χ3n) is 4.59. The summed E-state index contributed by atoms with van der Waals surface area (Å²) in [5, 5.41) is 14.0. The second kappa shape index (κ2) is 6.09. The predicted molar refractivity (Wildman–Crippen MR) is 74.8 cm³/mol. The number of rotatable bonds is 3. The van der Waals surface area contributed by atoms with Crippen molar-refractivity contribution in [1.82, 2.24) is 10.2 Å². The minimum Gasteiger partial charge on any atom is -0.389 e. The maximum atomic E-state index is 11.0. The lowest BCUT2D eigenvalue weighted by Crippen LogP contribution is -2.51. The highest BCUT2D eigenvalue weighted by molar-refractivity contribution is 5.72. The monoisotopic (exact) mass is 269 g/mol. The Morgan fingerprint density at radius 3 is 2.68 bits per heavy atom. The van der Waals surface area contributed by atoms with Gasteiger partial charge in [-0.05, 0) is 31.6 Å². The summed E-state index contributed by atoms with van der Waals surface area (Å²) in [5.74, 6) is 0.622. The maximum Gasteiger partial charge on any atom is 0.314 e. The molecule has 2 unspecified atom stereocenters. The minimum atomic E-state index is -0.529. The molecule has 4 N–H and O–H groups in total. The molecule has 5 nitrogen and oxygen atoms in total. The van der Waals surface area contributed by atoms with Crippen LogP contribution in [0.3, 0.4) is 0 Å². The molecule has 0 aromatic carbocycles. The number of amides is 2. The molecule has 0 radical (unpaired) electrons. The summed E-state index contributed by atoms with van der Waals surface area (Å²) in [4.78, 5) is 12.7. The minimum absolute atomic E-state index is 0.321. The van der Waals surface area contributed by atoms with E-state index in [1.165, 1.54) is 6.42 Å². The molecule has 2 rings (SSSR count). The molecule has 1 saturated heterocycles. The lowest BCUT2D eigenvalue weighted by atomic mass is 9.79. The molecular weight excluding hydrogens is 242 g/mol. The van der Waals surface area contributed by atoms with E-state index in [-0.39, 0.29) is 6.03 Å². The number of likely N-dealkylation sites (tertiary alicyclic amines) is 1. The Balaban J connectivity index is 1.73. The van der Waals surface area contributed by atoms with E-state index in [1.807, 2.05) is 0 Å². The standard InChI is InChI=1S/C14H27N3O2/c1-11-3-2-6-14(19,9-11)10-16-12-4-7-17(8-5-12)13(15)18/h11-12,16,19H,2-10H2,1H3,(H2,15,18). The van der Waals surface area contributed by atoms with Crippen LogP contribution in [0.5, 0.6) is 0 Å². The fourth-order valence-electron chi connectivity index (χ4n) is 3.43. The fraction of sp³-hybridized carbons (Fsp3) is 0.929. The van der Waals surface area contributed by atoms with Crippen molar-refractivity contribution in [3.8, 4) is 0 Å². The lowest BCUT2D eigenvalue weighted by molar-refractivity contribution is -0.0149. The van der Waals surface area contributed by atoms with E-state index in [1.54, 1.807) is 4.90 Å². The number of piperidine rings is 1. The number of carbonyl (C=O) groups excluding carboxylic acids is 1. The Morgan fingerprint density at radius 1 is 1.42 bits per heavy atom. The van der Waals surface area contributed by atoms with Gasteiger partial charge in [0.05, 0.1) is 5.60 Å². The van der Waals surface area contributed by atoms with Crippen molar-refractivity contribution >= 4 is 6.03 Å². The molecule has 5 heteroatoms. The van der Waals surface area contributed by atoms with Crippen LogP contribution in [-0.2, 0) is 0 Å². The number of carbonyl (C=O) groups is 1. The molecule has 0 aromatic heterocycles. The Morgan fingerprint density at radius 2 is 2.11 bits per heavy atom. The Hall–Kier alpha value is -0.810. The van der Waals surface area contributed by atoms with Gasteiger partial charge in [0.25, 0.3) is 0 Å². The van der Waals surface area contributed by atoms with Crippen LogP contribution in [0.1, 0.15) is 45.4 Å². The number of nitrogens with one attached hydrogen (secondary N) is 1. The lowest BCUT2D eigenvalue weighted by Gasteiger charge is -2.38. The van der Waals surface area contributed by atoms with Gasteiger partial charge in [0.15, 0.2) is 0 Å². The largest absolute Gasteiger partial charge is 0.389 e. The first-order chi connectivity index (χ1) is 8.98. The van der Waals surface area contributed by atoms with Gasteiger partial charge in [-0.25, -0.2) is 4.79 Å². The summed E-state index contributed by atoms with van der Waals surface area (Å²) < 4.78 is 0. The highest BCUT2D eigenvalue weighted by Gasteiger charge is 2.33. The van der Waals surface area contributed by atoms with Gasteiger partial charge >= 0.3 is 6.03 Å². The molecule has 2 aliphatic rings. The number of nitrogens with zero attached hydrogens (tertiary/aromatic N) is 1. The Kier molecular flexibility index (Phi) is 4.68. The molecule has 1 aliphatic carbocycles. The second-order valence-electron chi connectivity index (χ2n) is 6.41. The normalized spacial score (nSPS) is 33.4. The van der Waals surface area contributed by atoms with Crippen LogP contribution in [0.25, 0.3) is 0 Å². The molecule has 1 aliphatic heterocycles. The van der Waals surface area contributed by atoms with Gasteiger partial charge in [-0.2, -0.15) is 0 Å². The smallest absolute Gasteiger partial charge is 0.314 e. The summed E-state index contributed by atoms with van der Waals surface area (Å²) in [6, 6.07) is 0.0787. The topological polar surface area (TPSA) is 78.6 Å². The van der Waals surface area contributed by atoms with Crippen molar-refractivity contribution in [3.63, 3.8) is 0 Å². The number of aliphatic hydroxyl groups is 1. The van der Waals surface area contributed by atoms with Crippen molar-refractivity contribution in [2.75, 3.05) is 19.6 Å². The summed E-state index contributed by atoms with van der Waals surface area (Å²) >= 11 is 0. The van der Waals surface area contributed by atoms with Crippen molar-refractivity contribution in [2.45, 2.75) is 57.1 Å². The van der Waals surface area contributed by atoms with Crippen LogP contribution in [0, 0.1) is 5.92 Å². The van der Waals surface area contributed by atoms with Crippen LogP contribution in [0.4, 0.5) is 4.79 Å². The van der Waals surface area contributed by atoms with Gasteiger partial charge in [0, 0.05) is 25.7 Å². The fourth-order valence-corrected chi connectivity index (χ4v) is 3.43. The number of nitrogens with two attached hydrogens (primary N) is 1. The molecule has 2 amide bonds. The molecule has 1 saturated carbocycles. The van der Waals surface area contributed by atoms with Gasteiger partial charge in [-0.3, -0.25) is 0 Å². The van der Waals surface area contributed by atoms with E-state index >= 15 is 0 Å². The first-order valence-electron chi connectivity index (χ1n) is 7.49. The van der Waals surface area contributed by atoms with Gasteiger partial charge < -0.3 is 21.1 Å². The van der Waals surface area contributed by atoms with Crippen molar-refractivity contribution in [3.05, 3.63) is 0 Å². The maximum absolute atomic E-state index is 11.0. The Labute approximate surface area is 115 Å². The first-order valence-corrected chi connectivity index (χ1v) is 7.49. The number of hydrogen-bond acceptors (Lipinski definition) is 3. The van der Waals surface area contributed by atoms with Crippen LogP contribution >= 0.6 is 0 Å². The van der Waals surface area contributed by atoms with Crippen molar-refractivity contribution < 1.29 is 9.90 Å². The molecule has 2 fully saturated rings. The van der Waals surface area contributed by atoms with Crippen molar-refractivity contribution in [1.29, 1.82) is 0 Å². The van der Waals surface area contributed by atoms with Gasteiger partial charge in [-0.15, -0.1) is 0 Å². The van der Waals surface area contributed by atoms with E-state index in [2.05, 4.69) is 12.2 Å². The number of urea groups is 1. The van der Waals surface area contributed by atoms with Crippen LogP contribution in [-0.4, -0.2) is 47.3 Å². The summed E-state index contributed by atoms with van der Waals surface area (Å²) in [6.07, 6.45) is 6.02. The highest BCUT2D eigenvalue weighted by atomic mass is 16.3. The zero-order valence-electron chi connectivity index (χ0n) is 11.9. The van der Waals surface area contributed by atoms with Crippen molar-refractivity contribution in [2.24, 2.45) is 11.7 Å². The van der Waals surface area contributed by atoms with Gasteiger partial charge in [-0.1, -0.05) is 19.8 Å². The average Bonchev–Trinajstić information content (AvgIpc) is 2.37. The zero-order chi connectivity index (χ0) is 13.9. The molecule has 19 heavy (non-hydrogen) atoms. The third-order valence-corrected chi connectivity index (χ3v) is 4.59. The van der Waals surface area contributed by atoms with Gasteiger partial charge in [0.2, 0.25) is 0 Å². The van der Waals surface area contributed by atoms with E-state index in [4.69, 9.17) is 5.73 Å². The molecule has 2 atom stereocenters. The SMILES string of the molecule is CC1CCCC(O)(CNC2CCN(C(N)=O)CC2)C1. The summed E-state index contributed by atoms with van der Waals surface area (Å²) in [5.41, 5.74) is 4.74. The molecule has 1 heterocycles. The zero-order valence-corrected chi connectivity index (χ0v) is 11.9. The van der Waals surface area contributed by atoms with E-state index in [0.717, 1.165) is 45.2 Å². The number of primary amides is 1. The second-order valence-corrected chi connectivity index (χ2v) is 6.41. The van der Waals surface area contributed by atoms with Crippen LogP contribution in [0.2, 0.25) is 0 Å². The number of hydrogen-bond donors (Lipinski definition) is 3. The van der Waals surface area contributed by atoms with E-state index < -0.39 is 5.60 Å². The average molecular weight is 269 g/mol. The molecule has 0 bridgehead atoms. The highest BCUT2D eigenvalue weighted by Crippen LogP contribution is 2.31. The molecule has 110 valence electrons.